The molecule has 4 N–H and O–H groups in total. The van der Waals surface area contributed by atoms with E-state index in [0.717, 1.165) is 19.3 Å². The Labute approximate surface area is 83.0 Å². The molecule has 2 saturated carbocycles. The molecule has 2 aliphatic carbocycles. The molecular weight excluding hydrogens is 180 g/mol. The summed E-state index contributed by atoms with van der Waals surface area (Å²) in [5.41, 5.74) is 10.4. The van der Waals surface area contributed by atoms with Gasteiger partial charge in [0, 0.05) is 0 Å². The van der Waals surface area contributed by atoms with Crippen LogP contribution >= 0.6 is 0 Å². The zero-order valence-electron chi connectivity index (χ0n) is 8.11. The second kappa shape index (κ2) is 3.26. The lowest BCUT2D eigenvalue weighted by molar-refractivity contribution is -0.134. The van der Waals surface area contributed by atoms with E-state index in [2.05, 4.69) is 0 Å². The monoisotopic (exact) mass is 196 g/mol. The van der Waals surface area contributed by atoms with Gasteiger partial charge in [0.25, 0.3) is 0 Å². The van der Waals surface area contributed by atoms with Crippen molar-refractivity contribution in [1.29, 1.82) is 0 Å². The molecule has 2 fully saturated rings. The van der Waals surface area contributed by atoms with Crippen LogP contribution in [0.5, 0.6) is 0 Å². The molecule has 2 bridgehead atoms. The van der Waals surface area contributed by atoms with Crippen LogP contribution < -0.4 is 11.5 Å². The molecule has 14 heavy (non-hydrogen) atoms. The van der Waals surface area contributed by atoms with Gasteiger partial charge >= 0.3 is 0 Å². The van der Waals surface area contributed by atoms with Gasteiger partial charge in [-0.25, -0.2) is 0 Å². The molecule has 4 heteroatoms. The van der Waals surface area contributed by atoms with E-state index >= 15 is 0 Å². The summed E-state index contributed by atoms with van der Waals surface area (Å²) in [7, 11) is 0. The Bertz CT molecular complexity index is 263. The Morgan fingerprint density at radius 2 is 1.71 bits per heavy atom. The number of hydrogen-bond donors (Lipinski definition) is 2. The van der Waals surface area contributed by atoms with Crippen molar-refractivity contribution < 1.29 is 9.59 Å². The maximum atomic E-state index is 11.1. The number of carbonyl (C=O) groups excluding carboxylic acids is 2. The highest BCUT2D eigenvalue weighted by Crippen LogP contribution is 2.50. The van der Waals surface area contributed by atoms with Gasteiger partial charge in [-0.1, -0.05) is 6.42 Å². The normalized spacial score (nSPS) is 35.1. The van der Waals surface area contributed by atoms with Crippen LogP contribution in [0.2, 0.25) is 0 Å². The molecule has 4 nitrogen and oxygen atoms in total. The number of hydrogen-bond acceptors (Lipinski definition) is 2. The van der Waals surface area contributed by atoms with Crippen molar-refractivity contribution in [2.45, 2.75) is 25.7 Å². The van der Waals surface area contributed by atoms with Crippen LogP contribution in [0.3, 0.4) is 0 Å². The predicted octanol–water partition coefficient (Wildman–Crippen LogP) is 0.00940. The third-order valence-electron chi connectivity index (χ3n) is 3.83. The van der Waals surface area contributed by atoms with Gasteiger partial charge in [-0.05, 0) is 37.0 Å². The van der Waals surface area contributed by atoms with Crippen LogP contribution in [-0.2, 0) is 9.59 Å². The maximum absolute atomic E-state index is 11.1. The van der Waals surface area contributed by atoms with Gasteiger partial charge in [0.15, 0.2) is 0 Å². The Morgan fingerprint density at radius 1 is 1.07 bits per heavy atom. The summed E-state index contributed by atoms with van der Waals surface area (Å²) in [6.07, 6.45) is 4.49. The van der Waals surface area contributed by atoms with Crippen LogP contribution in [0.25, 0.3) is 0 Å². The first-order chi connectivity index (χ1) is 6.59. The summed E-state index contributed by atoms with van der Waals surface area (Å²) >= 11 is 0. The summed E-state index contributed by atoms with van der Waals surface area (Å²) in [4.78, 5) is 22.3. The van der Waals surface area contributed by atoms with Crippen molar-refractivity contribution in [1.82, 2.24) is 0 Å². The molecule has 0 heterocycles. The van der Waals surface area contributed by atoms with Crippen molar-refractivity contribution in [3.05, 3.63) is 0 Å². The minimum atomic E-state index is -0.731. The number of rotatable bonds is 3. The van der Waals surface area contributed by atoms with Gasteiger partial charge in [0.1, 0.15) is 5.92 Å². The number of nitrogens with two attached hydrogens (primary N) is 2. The highest BCUT2D eigenvalue weighted by Gasteiger charge is 2.46. The van der Waals surface area contributed by atoms with Gasteiger partial charge < -0.3 is 11.5 Å². The van der Waals surface area contributed by atoms with Crippen molar-refractivity contribution in [3.8, 4) is 0 Å². The Morgan fingerprint density at radius 3 is 2.07 bits per heavy atom. The van der Waals surface area contributed by atoms with E-state index < -0.39 is 17.7 Å². The van der Waals surface area contributed by atoms with Gasteiger partial charge in [-0.3, -0.25) is 9.59 Å². The fourth-order valence-electron chi connectivity index (χ4n) is 3.26. The first-order valence-electron chi connectivity index (χ1n) is 5.18. The van der Waals surface area contributed by atoms with Crippen LogP contribution in [0.15, 0.2) is 0 Å². The van der Waals surface area contributed by atoms with Crippen LogP contribution in [0, 0.1) is 23.7 Å². The molecule has 0 aromatic heterocycles. The van der Waals surface area contributed by atoms with E-state index in [1.165, 1.54) is 6.42 Å². The Hall–Kier alpha value is -1.06. The molecular formula is C10H16N2O2. The molecule has 78 valence electrons. The van der Waals surface area contributed by atoms with Crippen LogP contribution in [0.4, 0.5) is 0 Å². The molecule has 3 unspecified atom stereocenters. The third-order valence-corrected chi connectivity index (χ3v) is 3.83. The number of primary amides is 2. The predicted molar refractivity (Wildman–Crippen MR) is 50.8 cm³/mol. The minimum Gasteiger partial charge on any atom is -0.369 e. The SMILES string of the molecule is NC(=O)C(C(N)=O)C1CC2CCC1C2. The van der Waals surface area contributed by atoms with Gasteiger partial charge in [-0.2, -0.15) is 0 Å². The summed E-state index contributed by atoms with van der Waals surface area (Å²) < 4.78 is 0. The van der Waals surface area contributed by atoms with E-state index in [9.17, 15) is 9.59 Å². The van der Waals surface area contributed by atoms with Crippen molar-refractivity contribution in [3.63, 3.8) is 0 Å². The molecule has 2 aliphatic rings. The van der Waals surface area contributed by atoms with Crippen molar-refractivity contribution >= 4 is 11.8 Å². The lowest BCUT2D eigenvalue weighted by atomic mass is 9.78. The molecule has 0 radical (unpaired) electrons. The quantitative estimate of drug-likeness (QED) is 0.623. The lowest BCUT2D eigenvalue weighted by Crippen LogP contribution is -2.42. The fraction of sp³-hybridized carbons (Fsp3) is 0.800. The van der Waals surface area contributed by atoms with Gasteiger partial charge in [-0.15, -0.1) is 0 Å². The molecule has 0 aliphatic heterocycles. The summed E-state index contributed by atoms with van der Waals surface area (Å²) in [5.74, 6) is -0.490. The van der Waals surface area contributed by atoms with E-state index in [-0.39, 0.29) is 5.92 Å². The first kappa shape index (κ1) is 9.49. The Kier molecular flexibility index (Phi) is 2.21. The Balaban J connectivity index is 2.13. The molecule has 0 aromatic rings. The second-order valence-corrected chi connectivity index (χ2v) is 4.62. The summed E-state index contributed by atoms with van der Waals surface area (Å²) in [6.45, 7) is 0. The van der Waals surface area contributed by atoms with E-state index in [1.807, 2.05) is 0 Å². The summed E-state index contributed by atoms with van der Waals surface area (Å²) in [6, 6.07) is 0. The maximum Gasteiger partial charge on any atom is 0.230 e. The van der Waals surface area contributed by atoms with E-state index in [0.29, 0.717) is 11.8 Å². The zero-order chi connectivity index (χ0) is 10.3. The third kappa shape index (κ3) is 1.38. The fourth-order valence-corrected chi connectivity index (χ4v) is 3.26. The molecule has 2 rings (SSSR count). The second-order valence-electron chi connectivity index (χ2n) is 4.62. The molecule has 3 atom stereocenters. The smallest absolute Gasteiger partial charge is 0.230 e. The minimum absolute atomic E-state index is 0.128. The lowest BCUT2D eigenvalue weighted by Gasteiger charge is -2.26. The van der Waals surface area contributed by atoms with Crippen LogP contribution in [0.1, 0.15) is 25.7 Å². The molecule has 0 aromatic carbocycles. The van der Waals surface area contributed by atoms with E-state index in [4.69, 9.17) is 11.5 Å². The first-order valence-corrected chi connectivity index (χ1v) is 5.18. The van der Waals surface area contributed by atoms with Crippen molar-refractivity contribution in [2.24, 2.45) is 35.1 Å². The number of fused-ring (bicyclic) bond motifs is 2. The van der Waals surface area contributed by atoms with E-state index in [1.54, 1.807) is 0 Å². The standard InChI is InChI=1S/C10H16N2O2/c11-9(13)8(10(12)14)7-4-5-1-2-6(7)3-5/h5-8H,1-4H2,(H2,11,13)(H2,12,14). The largest absolute Gasteiger partial charge is 0.369 e. The highest BCUT2D eigenvalue weighted by molar-refractivity contribution is 5.99. The number of amides is 2. The average molecular weight is 196 g/mol. The molecule has 0 spiro atoms. The number of carbonyl (C=O) groups is 2. The highest BCUT2D eigenvalue weighted by atomic mass is 16.2. The van der Waals surface area contributed by atoms with Gasteiger partial charge in [0.05, 0.1) is 0 Å². The van der Waals surface area contributed by atoms with Crippen LogP contribution in [-0.4, -0.2) is 11.8 Å². The molecule has 2 amide bonds. The topological polar surface area (TPSA) is 86.2 Å². The van der Waals surface area contributed by atoms with Gasteiger partial charge in [0.2, 0.25) is 11.8 Å². The van der Waals surface area contributed by atoms with Crippen molar-refractivity contribution in [2.75, 3.05) is 0 Å². The zero-order valence-corrected chi connectivity index (χ0v) is 8.11. The molecule has 0 saturated heterocycles. The average Bonchev–Trinajstić information content (AvgIpc) is 2.63. The summed E-state index contributed by atoms with van der Waals surface area (Å²) in [5, 5.41) is 0.